The van der Waals surface area contributed by atoms with Crippen molar-refractivity contribution >= 4 is 5.97 Å². The predicted molar refractivity (Wildman–Crippen MR) is 61.6 cm³/mol. The van der Waals surface area contributed by atoms with E-state index in [9.17, 15) is 4.79 Å². The molecule has 17 heavy (non-hydrogen) atoms. The molecule has 1 aromatic rings. The Morgan fingerprint density at radius 3 is 2.47 bits per heavy atom. The third kappa shape index (κ3) is 3.10. The fourth-order valence-electron chi connectivity index (χ4n) is 1.46. The molecular formula is C12H16O5. The van der Waals surface area contributed by atoms with Crippen molar-refractivity contribution < 1.29 is 23.7 Å². The average Bonchev–Trinajstić information content (AvgIpc) is 2.34. The minimum absolute atomic E-state index is 0.139. The minimum Gasteiger partial charge on any atom is -0.496 e. The molecule has 0 radical (unpaired) electrons. The Balaban J connectivity index is 3.11. The van der Waals surface area contributed by atoms with Gasteiger partial charge in [0.2, 0.25) is 0 Å². The zero-order chi connectivity index (χ0) is 12.8. The summed E-state index contributed by atoms with van der Waals surface area (Å²) >= 11 is 0. The average molecular weight is 240 g/mol. The lowest BCUT2D eigenvalue weighted by molar-refractivity contribution is 0.0508. The SMILES string of the molecule is COCOc1cc(C)c(C(=O)OC)c(OC)c1. The molecule has 0 saturated carbocycles. The van der Waals surface area contributed by atoms with Gasteiger partial charge in [-0.3, -0.25) is 0 Å². The highest BCUT2D eigenvalue weighted by Crippen LogP contribution is 2.29. The Bertz CT molecular complexity index is 400. The van der Waals surface area contributed by atoms with Crippen LogP contribution in [0.3, 0.4) is 0 Å². The molecule has 0 aliphatic carbocycles. The lowest BCUT2D eigenvalue weighted by atomic mass is 10.1. The number of carbonyl (C=O) groups excluding carboxylic acids is 1. The predicted octanol–water partition coefficient (Wildman–Crippen LogP) is 1.77. The third-order valence-corrected chi connectivity index (χ3v) is 2.23. The fraction of sp³-hybridized carbons (Fsp3) is 0.417. The van der Waals surface area contributed by atoms with Gasteiger partial charge in [0.25, 0.3) is 0 Å². The molecular weight excluding hydrogens is 224 g/mol. The van der Waals surface area contributed by atoms with E-state index in [2.05, 4.69) is 0 Å². The van der Waals surface area contributed by atoms with E-state index in [0.29, 0.717) is 17.1 Å². The van der Waals surface area contributed by atoms with Gasteiger partial charge in [0, 0.05) is 13.2 Å². The molecule has 5 nitrogen and oxygen atoms in total. The number of esters is 1. The molecule has 0 aliphatic heterocycles. The van der Waals surface area contributed by atoms with Crippen molar-refractivity contribution in [2.24, 2.45) is 0 Å². The summed E-state index contributed by atoms with van der Waals surface area (Å²) in [5.41, 5.74) is 1.13. The third-order valence-electron chi connectivity index (χ3n) is 2.23. The second-order valence-electron chi connectivity index (χ2n) is 3.36. The molecule has 0 fully saturated rings. The van der Waals surface area contributed by atoms with Gasteiger partial charge in [-0.1, -0.05) is 0 Å². The second-order valence-corrected chi connectivity index (χ2v) is 3.36. The minimum atomic E-state index is -0.433. The van der Waals surface area contributed by atoms with E-state index >= 15 is 0 Å². The van der Waals surface area contributed by atoms with E-state index in [4.69, 9.17) is 18.9 Å². The highest BCUT2D eigenvalue weighted by molar-refractivity contribution is 5.94. The first kappa shape index (κ1) is 13.3. The number of aryl methyl sites for hydroxylation is 1. The van der Waals surface area contributed by atoms with E-state index in [-0.39, 0.29) is 6.79 Å². The van der Waals surface area contributed by atoms with Crippen LogP contribution in [0.15, 0.2) is 12.1 Å². The van der Waals surface area contributed by atoms with E-state index in [1.807, 2.05) is 0 Å². The smallest absolute Gasteiger partial charge is 0.341 e. The Morgan fingerprint density at radius 2 is 1.94 bits per heavy atom. The zero-order valence-corrected chi connectivity index (χ0v) is 10.4. The summed E-state index contributed by atoms with van der Waals surface area (Å²) in [7, 11) is 4.35. The molecule has 0 aliphatic rings. The summed E-state index contributed by atoms with van der Waals surface area (Å²) in [4.78, 5) is 11.6. The first-order valence-corrected chi connectivity index (χ1v) is 5.02. The highest BCUT2D eigenvalue weighted by atomic mass is 16.7. The number of methoxy groups -OCH3 is 3. The fourth-order valence-corrected chi connectivity index (χ4v) is 1.46. The van der Waals surface area contributed by atoms with Crippen LogP contribution >= 0.6 is 0 Å². The van der Waals surface area contributed by atoms with Gasteiger partial charge in [0.1, 0.15) is 17.1 Å². The van der Waals surface area contributed by atoms with Crippen LogP contribution in [-0.4, -0.2) is 34.1 Å². The van der Waals surface area contributed by atoms with Crippen LogP contribution in [0.4, 0.5) is 0 Å². The molecule has 0 amide bonds. The summed E-state index contributed by atoms with van der Waals surface area (Å²) in [5.74, 6) is 0.564. The normalized spacial score (nSPS) is 9.88. The molecule has 0 unspecified atom stereocenters. The van der Waals surface area contributed by atoms with E-state index in [0.717, 1.165) is 5.56 Å². The number of ether oxygens (including phenoxy) is 4. The highest BCUT2D eigenvalue weighted by Gasteiger charge is 2.17. The Kier molecular flexibility index (Phi) is 4.78. The zero-order valence-electron chi connectivity index (χ0n) is 10.4. The number of rotatable bonds is 5. The number of carbonyl (C=O) groups is 1. The van der Waals surface area contributed by atoms with Crippen LogP contribution in [0.2, 0.25) is 0 Å². The van der Waals surface area contributed by atoms with Gasteiger partial charge >= 0.3 is 5.97 Å². The van der Waals surface area contributed by atoms with Crippen molar-refractivity contribution in [1.82, 2.24) is 0 Å². The quantitative estimate of drug-likeness (QED) is 0.580. The van der Waals surface area contributed by atoms with Crippen LogP contribution in [0.1, 0.15) is 15.9 Å². The van der Waals surface area contributed by atoms with Gasteiger partial charge in [0.15, 0.2) is 6.79 Å². The van der Waals surface area contributed by atoms with Crippen LogP contribution in [0, 0.1) is 6.92 Å². The standard InChI is InChI=1S/C12H16O5/c1-8-5-9(17-7-14-2)6-10(15-3)11(8)12(13)16-4/h5-6H,7H2,1-4H3. The van der Waals surface area contributed by atoms with Gasteiger partial charge in [-0.05, 0) is 18.6 Å². The van der Waals surface area contributed by atoms with Gasteiger partial charge < -0.3 is 18.9 Å². The topological polar surface area (TPSA) is 54.0 Å². The summed E-state index contributed by atoms with van der Waals surface area (Å²) in [6.07, 6.45) is 0. The van der Waals surface area contributed by atoms with Gasteiger partial charge in [-0.2, -0.15) is 0 Å². The van der Waals surface area contributed by atoms with Crippen LogP contribution in [0.5, 0.6) is 11.5 Å². The van der Waals surface area contributed by atoms with E-state index < -0.39 is 5.97 Å². The van der Waals surface area contributed by atoms with Crippen LogP contribution in [-0.2, 0) is 9.47 Å². The molecule has 94 valence electrons. The molecule has 1 aromatic carbocycles. The Labute approximate surface area is 100 Å². The first-order valence-electron chi connectivity index (χ1n) is 5.02. The summed E-state index contributed by atoms with van der Waals surface area (Å²) < 4.78 is 19.9. The van der Waals surface area contributed by atoms with Crippen molar-refractivity contribution in [1.29, 1.82) is 0 Å². The summed E-state index contributed by atoms with van der Waals surface area (Å²) in [6, 6.07) is 3.35. The van der Waals surface area contributed by atoms with E-state index in [1.54, 1.807) is 19.1 Å². The summed E-state index contributed by atoms with van der Waals surface area (Å²) in [6.45, 7) is 1.93. The largest absolute Gasteiger partial charge is 0.496 e. The van der Waals surface area contributed by atoms with Crippen molar-refractivity contribution in [3.05, 3.63) is 23.3 Å². The molecule has 0 heterocycles. The summed E-state index contributed by atoms with van der Waals surface area (Å²) in [5, 5.41) is 0. The maximum absolute atomic E-state index is 11.6. The van der Waals surface area contributed by atoms with Crippen LogP contribution < -0.4 is 9.47 Å². The first-order chi connectivity index (χ1) is 8.13. The van der Waals surface area contributed by atoms with Gasteiger partial charge in [-0.25, -0.2) is 4.79 Å². The lowest BCUT2D eigenvalue weighted by Gasteiger charge is -2.12. The molecule has 5 heteroatoms. The Hall–Kier alpha value is -1.75. The molecule has 0 atom stereocenters. The van der Waals surface area contributed by atoms with Crippen molar-refractivity contribution in [2.75, 3.05) is 28.1 Å². The molecule has 0 saturated heterocycles. The van der Waals surface area contributed by atoms with E-state index in [1.165, 1.54) is 21.3 Å². The lowest BCUT2D eigenvalue weighted by Crippen LogP contribution is -2.08. The Morgan fingerprint density at radius 1 is 1.24 bits per heavy atom. The molecule has 0 spiro atoms. The van der Waals surface area contributed by atoms with Crippen molar-refractivity contribution in [3.63, 3.8) is 0 Å². The molecule has 0 aromatic heterocycles. The molecule has 1 rings (SSSR count). The maximum Gasteiger partial charge on any atom is 0.341 e. The van der Waals surface area contributed by atoms with Crippen LogP contribution in [0.25, 0.3) is 0 Å². The van der Waals surface area contributed by atoms with Crippen molar-refractivity contribution in [3.8, 4) is 11.5 Å². The number of hydrogen-bond donors (Lipinski definition) is 0. The monoisotopic (exact) mass is 240 g/mol. The van der Waals surface area contributed by atoms with Gasteiger partial charge in [0.05, 0.1) is 14.2 Å². The number of hydrogen-bond acceptors (Lipinski definition) is 5. The van der Waals surface area contributed by atoms with Gasteiger partial charge in [-0.15, -0.1) is 0 Å². The number of benzene rings is 1. The molecule has 0 N–H and O–H groups in total. The van der Waals surface area contributed by atoms with Crippen molar-refractivity contribution in [2.45, 2.75) is 6.92 Å². The second kappa shape index (κ2) is 6.10. The maximum atomic E-state index is 11.6. The molecule has 0 bridgehead atoms.